The summed E-state index contributed by atoms with van der Waals surface area (Å²) in [7, 11) is -2.94. The smallest absolute Gasteiger partial charge is 0.191 e. The van der Waals surface area contributed by atoms with Crippen molar-refractivity contribution in [1.29, 1.82) is 0 Å². The van der Waals surface area contributed by atoms with Crippen LogP contribution in [0.15, 0.2) is 4.99 Å². The first-order chi connectivity index (χ1) is 9.65. The molecule has 6 nitrogen and oxygen atoms in total. The summed E-state index contributed by atoms with van der Waals surface area (Å²) in [6.45, 7) is 9.28. The van der Waals surface area contributed by atoms with Gasteiger partial charge in [0.05, 0.1) is 18.9 Å². The lowest BCUT2D eigenvalue weighted by molar-refractivity contribution is 0.145. The second-order valence-electron chi connectivity index (χ2n) is 5.98. The lowest BCUT2D eigenvalue weighted by Gasteiger charge is -2.24. The van der Waals surface area contributed by atoms with Gasteiger partial charge in [-0.2, -0.15) is 0 Å². The zero-order valence-electron chi connectivity index (χ0n) is 14.3. The SMILES string of the molecule is CCNC(=NCC(C)(CC)CO)NC(C)CCS(C)(=O)=O.I. The quantitative estimate of drug-likeness (QED) is 0.281. The molecule has 2 unspecified atom stereocenters. The molecule has 0 amide bonds. The zero-order valence-corrected chi connectivity index (χ0v) is 17.5. The van der Waals surface area contributed by atoms with E-state index in [0.29, 0.717) is 18.9 Å². The van der Waals surface area contributed by atoms with Gasteiger partial charge in [-0.05, 0) is 26.7 Å². The van der Waals surface area contributed by atoms with Crippen molar-refractivity contribution in [3.05, 3.63) is 0 Å². The first kappa shape index (κ1) is 24.2. The Hall–Kier alpha value is -0.0900. The van der Waals surface area contributed by atoms with E-state index in [1.807, 2.05) is 27.7 Å². The third kappa shape index (κ3) is 11.5. The molecule has 0 aliphatic rings. The Kier molecular flexibility index (Phi) is 12.6. The fourth-order valence-electron chi connectivity index (χ4n) is 1.56. The maximum atomic E-state index is 11.2. The van der Waals surface area contributed by atoms with Crippen LogP contribution in [-0.4, -0.2) is 57.2 Å². The molecule has 0 aromatic rings. The van der Waals surface area contributed by atoms with Gasteiger partial charge in [-0.1, -0.05) is 13.8 Å². The Balaban J connectivity index is 0. The Morgan fingerprint density at radius 2 is 1.95 bits per heavy atom. The summed E-state index contributed by atoms with van der Waals surface area (Å²) in [5.74, 6) is 0.816. The molecule has 0 heterocycles. The number of guanidine groups is 1. The van der Waals surface area contributed by atoms with Crippen molar-refractivity contribution in [2.45, 2.75) is 46.6 Å². The van der Waals surface area contributed by atoms with Gasteiger partial charge in [-0.3, -0.25) is 4.99 Å². The number of halogens is 1. The lowest BCUT2D eigenvalue weighted by atomic mass is 9.89. The van der Waals surface area contributed by atoms with E-state index in [2.05, 4.69) is 15.6 Å². The Bertz CT molecular complexity index is 423. The number of hydrogen-bond donors (Lipinski definition) is 3. The molecule has 0 aromatic carbocycles. The van der Waals surface area contributed by atoms with Crippen LogP contribution in [0.2, 0.25) is 0 Å². The lowest BCUT2D eigenvalue weighted by Crippen LogP contribution is -2.43. The van der Waals surface area contributed by atoms with E-state index in [0.717, 1.165) is 13.0 Å². The molecule has 0 bridgehead atoms. The molecule has 0 aliphatic heterocycles. The third-order valence-corrected chi connectivity index (χ3v) is 4.48. The van der Waals surface area contributed by atoms with Gasteiger partial charge in [-0.25, -0.2) is 8.42 Å². The summed E-state index contributed by atoms with van der Waals surface area (Å²) in [5.41, 5.74) is -0.224. The molecule has 8 heteroatoms. The Labute approximate surface area is 152 Å². The highest BCUT2D eigenvalue weighted by Crippen LogP contribution is 2.19. The fourth-order valence-corrected chi connectivity index (χ4v) is 2.34. The number of aliphatic hydroxyl groups is 1. The molecule has 3 N–H and O–H groups in total. The molecule has 0 fully saturated rings. The van der Waals surface area contributed by atoms with Crippen molar-refractivity contribution in [3.63, 3.8) is 0 Å². The zero-order chi connectivity index (χ0) is 16.5. The van der Waals surface area contributed by atoms with Gasteiger partial charge < -0.3 is 15.7 Å². The van der Waals surface area contributed by atoms with Crippen LogP contribution >= 0.6 is 24.0 Å². The van der Waals surface area contributed by atoms with E-state index < -0.39 is 9.84 Å². The molecule has 134 valence electrons. The van der Waals surface area contributed by atoms with Crippen molar-refractivity contribution < 1.29 is 13.5 Å². The maximum Gasteiger partial charge on any atom is 0.191 e. The minimum atomic E-state index is -2.94. The predicted molar refractivity (Wildman–Crippen MR) is 104 cm³/mol. The highest BCUT2D eigenvalue weighted by atomic mass is 127. The standard InChI is InChI=1S/C14H31N3O3S.HI/c1-6-14(4,11-18)10-16-13(15-7-2)17-12(3)8-9-21(5,19)20;/h12,18H,6-11H2,1-5H3,(H2,15,16,17);1H. The summed E-state index contributed by atoms with van der Waals surface area (Å²) in [5, 5.41) is 15.8. The molecular weight excluding hydrogens is 417 g/mol. The molecule has 0 saturated heterocycles. The van der Waals surface area contributed by atoms with Crippen molar-refractivity contribution in [1.82, 2.24) is 10.6 Å². The van der Waals surface area contributed by atoms with Crippen LogP contribution in [-0.2, 0) is 9.84 Å². The molecule has 0 aliphatic carbocycles. The Morgan fingerprint density at radius 1 is 1.36 bits per heavy atom. The van der Waals surface area contributed by atoms with E-state index in [9.17, 15) is 13.5 Å². The number of rotatable bonds is 9. The average Bonchev–Trinajstić information content (AvgIpc) is 2.42. The normalized spacial score (nSPS) is 16.4. The fraction of sp³-hybridized carbons (Fsp3) is 0.929. The van der Waals surface area contributed by atoms with Crippen LogP contribution in [0.1, 0.15) is 40.5 Å². The number of nitrogens with one attached hydrogen (secondary N) is 2. The largest absolute Gasteiger partial charge is 0.396 e. The Morgan fingerprint density at radius 3 is 2.36 bits per heavy atom. The minimum Gasteiger partial charge on any atom is -0.396 e. The molecule has 0 aromatic heterocycles. The second kappa shape index (κ2) is 11.4. The van der Waals surface area contributed by atoms with Gasteiger partial charge in [0.15, 0.2) is 5.96 Å². The van der Waals surface area contributed by atoms with Gasteiger partial charge in [0.1, 0.15) is 9.84 Å². The van der Waals surface area contributed by atoms with Gasteiger partial charge in [0.25, 0.3) is 0 Å². The van der Waals surface area contributed by atoms with E-state index in [4.69, 9.17) is 0 Å². The second-order valence-corrected chi connectivity index (χ2v) is 8.24. The number of hydrogen-bond acceptors (Lipinski definition) is 4. The number of aliphatic imine (C=N–C) groups is 1. The summed E-state index contributed by atoms with van der Waals surface area (Å²) in [4.78, 5) is 4.50. The topological polar surface area (TPSA) is 90.8 Å². The van der Waals surface area contributed by atoms with Crippen LogP contribution in [0.3, 0.4) is 0 Å². The average molecular weight is 449 g/mol. The summed E-state index contributed by atoms with van der Waals surface area (Å²) in [6, 6.07) is 0.0135. The van der Waals surface area contributed by atoms with Crippen molar-refractivity contribution in [3.8, 4) is 0 Å². The van der Waals surface area contributed by atoms with Gasteiger partial charge in [0, 0.05) is 24.3 Å². The molecular formula is C14H32IN3O3S. The summed E-state index contributed by atoms with van der Waals surface area (Å²) < 4.78 is 22.4. The van der Waals surface area contributed by atoms with Crippen LogP contribution in [0, 0.1) is 5.41 Å². The van der Waals surface area contributed by atoms with E-state index >= 15 is 0 Å². The molecule has 0 saturated carbocycles. The highest BCUT2D eigenvalue weighted by molar-refractivity contribution is 14.0. The van der Waals surface area contributed by atoms with Gasteiger partial charge in [0.2, 0.25) is 0 Å². The van der Waals surface area contributed by atoms with E-state index in [1.54, 1.807) is 0 Å². The van der Waals surface area contributed by atoms with Gasteiger partial charge in [-0.15, -0.1) is 24.0 Å². The number of aliphatic hydroxyl groups excluding tert-OH is 1. The summed E-state index contributed by atoms with van der Waals surface area (Å²) in [6.07, 6.45) is 2.62. The number of nitrogens with zero attached hydrogens (tertiary/aromatic N) is 1. The summed E-state index contributed by atoms with van der Waals surface area (Å²) >= 11 is 0. The monoisotopic (exact) mass is 449 g/mol. The first-order valence-electron chi connectivity index (χ1n) is 7.49. The molecule has 22 heavy (non-hydrogen) atoms. The number of sulfone groups is 1. The first-order valence-corrected chi connectivity index (χ1v) is 9.55. The van der Waals surface area contributed by atoms with E-state index in [1.165, 1.54) is 6.26 Å². The molecule has 0 rings (SSSR count). The predicted octanol–water partition coefficient (Wildman–Crippen LogP) is 1.39. The van der Waals surface area contributed by atoms with E-state index in [-0.39, 0.29) is 47.8 Å². The van der Waals surface area contributed by atoms with Crippen LogP contribution in [0.5, 0.6) is 0 Å². The highest BCUT2D eigenvalue weighted by Gasteiger charge is 2.20. The molecule has 2 atom stereocenters. The molecule has 0 spiro atoms. The van der Waals surface area contributed by atoms with Crippen molar-refractivity contribution in [2.75, 3.05) is 31.7 Å². The van der Waals surface area contributed by atoms with Crippen molar-refractivity contribution in [2.24, 2.45) is 10.4 Å². The maximum absolute atomic E-state index is 11.2. The molecule has 0 radical (unpaired) electrons. The van der Waals surface area contributed by atoms with Gasteiger partial charge >= 0.3 is 0 Å². The van der Waals surface area contributed by atoms with Crippen molar-refractivity contribution >= 4 is 39.8 Å². The van der Waals surface area contributed by atoms with Crippen LogP contribution in [0.25, 0.3) is 0 Å². The minimum absolute atomic E-state index is 0. The van der Waals surface area contributed by atoms with Crippen LogP contribution < -0.4 is 10.6 Å². The third-order valence-electron chi connectivity index (χ3n) is 3.50. The van der Waals surface area contributed by atoms with Crippen LogP contribution in [0.4, 0.5) is 0 Å².